The number of likely N-dealkylation sites (tertiary alicyclic amines) is 1. The third-order valence-electron chi connectivity index (χ3n) is 6.44. The fraction of sp³-hybridized carbons (Fsp3) is 0.833. The quantitative estimate of drug-likeness (QED) is 0.305. The highest BCUT2D eigenvalue weighted by Crippen LogP contribution is 2.20. The Hall–Kier alpha value is -1.64. The largest absolute Gasteiger partial charge is 0.444 e. The molecule has 0 bridgehead atoms. The van der Waals surface area contributed by atoms with Crippen LogP contribution in [0.2, 0.25) is 0 Å². The normalized spacial score (nSPS) is 19.4. The lowest BCUT2D eigenvalue weighted by molar-refractivity contribution is 0.0203. The van der Waals surface area contributed by atoms with E-state index in [1.807, 2.05) is 13.8 Å². The van der Waals surface area contributed by atoms with E-state index in [0.29, 0.717) is 11.8 Å². The minimum absolute atomic E-state index is 0.637. The van der Waals surface area contributed by atoms with Gasteiger partial charge in [-0.05, 0) is 77.8 Å². The molecule has 0 aromatic carbocycles. The second kappa shape index (κ2) is 13.8. The number of piperidine rings is 1. The summed E-state index contributed by atoms with van der Waals surface area (Å²) in [6, 6.07) is 0. The van der Waals surface area contributed by atoms with E-state index in [1.54, 1.807) is 0 Å². The van der Waals surface area contributed by atoms with Gasteiger partial charge in [0.1, 0.15) is 5.76 Å². The van der Waals surface area contributed by atoms with Crippen molar-refractivity contribution in [3.05, 3.63) is 17.3 Å². The monoisotopic (exact) mass is 449 g/mol. The van der Waals surface area contributed by atoms with Crippen LogP contribution in [0.15, 0.2) is 9.41 Å². The van der Waals surface area contributed by atoms with Crippen molar-refractivity contribution in [1.82, 2.24) is 20.5 Å². The Kier molecular flexibility index (Phi) is 10.8. The maximum absolute atomic E-state index is 5.86. The van der Waals surface area contributed by atoms with Gasteiger partial charge in [-0.15, -0.1) is 0 Å². The summed E-state index contributed by atoms with van der Waals surface area (Å²) in [6.07, 6.45) is 5.59. The summed E-state index contributed by atoms with van der Waals surface area (Å²) >= 11 is 0. The number of oxazole rings is 1. The van der Waals surface area contributed by atoms with E-state index < -0.39 is 0 Å². The molecule has 8 nitrogen and oxygen atoms in total. The van der Waals surface area contributed by atoms with Gasteiger partial charge in [0.05, 0.1) is 12.2 Å². The smallest absolute Gasteiger partial charge is 0.208 e. The van der Waals surface area contributed by atoms with E-state index in [0.717, 1.165) is 108 Å². The number of nitrogens with zero attached hydrogens (tertiary/aromatic N) is 3. The zero-order valence-corrected chi connectivity index (χ0v) is 20.3. The molecule has 0 aliphatic carbocycles. The lowest BCUT2D eigenvalue weighted by Crippen LogP contribution is -2.39. The van der Waals surface area contributed by atoms with Crippen LogP contribution in [-0.2, 0) is 16.0 Å². The van der Waals surface area contributed by atoms with E-state index in [2.05, 4.69) is 27.4 Å². The Balaban J connectivity index is 1.28. The third-order valence-corrected chi connectivity index (χ3v) is 6.44. The standard InChI is InChI=1S/C24H43N5O3/c1-4-25-24(26-10-5-13-31-18-22-8-14-30-15-9-22)27-16-21-6-11-29(12-7-21)17-23-28-19(2)20(3)32-23/h21-22H,4-18H2,1-3H3,(H2,25,26,27). The van der Waals surface area contributed by atoms with Crippen molar-refractivity contribution >= 4 is 5.96 Å². The molecule has 2 aliphatic rings. The summed E-state index contributed by atoms with van der Waals surface area (Å²) < 4.78 is 17.0. The molecular formula is C24H43N5O3. The van der Waals surface area contributed by atoms with Gasteiger partial charge in [-0.1, -0.05) is 0 Å². The highest BCUT2D eigenvalue weighted by Gasteiger charge is 2.21. The minimum atomic E-state index is 0.637. The molecule has 3 rings (SSSR count). The molecule has 2 aliphatic heterocycles. The molecule has 32 heavy (non-hydrogen) atoms. The van der Waals surface area contributed by atoms with Crippen LogP contribution in [0.4, 0.5) is 0 Å². The first kappa shape index (κ1) is 25.0. The van der Waals surface area contributed by atoms with Gasteiger partial charge in [-0.25, -0.2) is 4.98 Å². The fourth-order valence-corrected chi connectivity index (χ4v) is 4.23. The molecule has 0 amide bonds. The molecule has 1 aromatic rings. The molecule has 0 saturated carbocycles. The number of aromatic nitrogens is 1. The van der Waals surface area contributed by atoms with Crippen molar-refractivity contribution < 1.29 is 13.9 Å². The van der Waals surface area contributed by atoms with Crippen molar-refractivity contribution in [3.63, 3.8) is 0 Å². The van der Waals surface area contributed by atoms with Gasteiger partial charge in [0.25, 0.3) is 0 Å². The highest BCUT2D eigenvalue weighted by atomic mass is 16.5. The third kappa shape index (κ3) is 8.71. The number of aryl methyl sites for hydroxylation is 2. The van der Waals surface area contributed by atoms with Gasteiger partial charge in [0.2, 0.25) is 5.89 Å². The number of ether oxygens (including phenoxy) is 2. The van der Waals surface area contributed by atoms with Crippen molar-refractivity contribution in [2.24, 2.45) is 16.8 Å². The van der Waals surface area contributed by atoms with E-state index >= 15 is 0 Å². The SMILES string of the molecule is CCNC(=NCC1CCN(Cc2nc(C)c(C)o2)CC1)NCCCOCC1CCOCC1. The summed E-state index contributed by atoms with van der Waals surface area (Å²) in [5.74, 6) is 4.00. The number of hydrogen-bond acceptors (Lipinski definition) is 6. The van der Waals surface area contributed by atoms with Crippen LogP contribution >= 0.6 is 0 Å². The zero-order valence-electron chi connectivity index (χ0n) is 20.3. The summed E-state index contributed by atoms with van der Waals surface area (Å²) in [7, 11) is 0. The lowest BCUT2D eigenvalue weighted by atomic mass is 9.97. The zero-order chi connectivity index (χ0) is 22.6. The van der Waals surface area contributed by atoms with Crippen LogP contribution in [0.3, 0.4) is 0 Å². The Morgan fingerprint density at radius 3 is 2.59 bits per heavy atom. The van der Waals surface area contributed by atoms with Crippen molar-refractivity contribution in [2.75, 3.05) is 59.2 Å². The Bertz CT molecular complexity index is 660. The summed E-state index contributed by atoms with van der Waals surface area (Å²) in [5, 5.41) is 6.82. The van der Waals surface area contributed by atoms with Crippen molar-refractivity contribution in [1.29, 1.82) is 0 Å². The predicted octanol–water partition coefficient (Wildman–Crippen LogP) is 2.89. The first-order chi connectivity index (χ1) is 15.6. The van der Waals surface area contributed by atoms with E-state index in [4.69, 9.17) is 18.9 Å². The average molecular weight is 450 g/mol. The average Bonchev–Trinajstić information content (AvgIpc) is 3.12. The van der Waals surface area contributed by atoms with Crippen LogP contribution in [0, 0.1) is 25.7 Å². The van der Waals surface area contributed by atoms with Crippen LogP contribution in [0.1, 0.15) is 56.4 Å². The number of nitrogens with one attached hydrogen (secondary N) is 2. The first-order valence-electron chi connectivity index (χ1n) is 12.5. The van der Waals surface area contributed by atoms with Crippen LogP contribution < -0.4 is 10.6 Å². The minimum Gasteiger partial charge on any atom is -0.444 e. The summed E-state index contributed by atoms with van der Waals surface area (Å²) in [6.45, 7) is 15.1. The van der Waals surface area contributed by atoms with Crippen LogP contribution in [-0.4, -0.2) is 75.0 Å². The molecule has 2 saturated heterocycles. The van der Waals surface area contributed by atoms with Crippen LogP contribution in [0.25, 0.3) is 0 Å². The van der Waals surface area contributed by atoms with Gasteiger partial charge in [-0.3, -0.25) is 9.89 Å². The highest BCUT2D eigenvalue weighted by molar-refractivity contribution is 5.79. The maximum atomic E-state index is 5.86. The molecule has 0 spiro atoms. The molecule has 3 heterocycles. The van der Waals surface area contributed by atoms with Gasteiger partial charge in [0, 0.05) is 46.1 Å². The van der Waals surface area contributed by atoms with Gasteiger partial charge in [0.15, 0.2) is 5.96 Å². The maximum Gasteiger partial charge on any atom is 0.208 e. The van der Waals surface area contributed by atoms with Gasteiger partial charge < -0.3 is 24.5 Å². The van der Waals surface area contributed by atoms with Crippen molar-refractivity contribution in [2.45, 2.75) is 59.4 Å². The second-order valence-electron chi connectivity index (χ2n) is 9.10. The topological polar surface area (TPSA) is 84.2 Å². The number of guanidine groups is 1. The molecule has 0 unspecified atom stereocenters. The van der Waals surface area contributed by atoms with Gasteiger partial charge in [-0.2, -0.15) is 0 Å². The molecule has 0 atom stereocenters. The fourth-order valence-electron chi connectivity index (χ4n) is 4.23. The molecule has 8 heteroatoms. The molecule has 182 valence electrons. The Morgan fingerprint density at radius 2 is 1.91 bits per heavy atom. The molecular weight excluding hydrogens is 406 g/mol. The number of aliphatic imine (C=N–C) groups is 1. The Labute approximate surface area is 193 Å². The second-order valence-corrected chi connectivity index (χ2v) is 9.10. The first-order valence-corrected chi connectivity index (χ1v) is 12.5. The predicted molar refractivity (Wildman–Crippen MR) is 127 cm³/mol. The van der Waals surface area contributed by atoms with E-state index in [1.165, 1.54) is 12.8 Å². The molecule has 2 fully saturated rings. The van der Waals surface area contributed by atoms with E-state index in [9.17, 15) is 0 Å². The number of rotatable bonds is 11. The number of hydrogen-bond donors (Lipinski definition) is 2. The van der Waals surface area contributed by atoms with Crippen LogP contribution in [0.5, 0.6) is 0 Å². The van der Waals surface area contributed by atoms with E-state index in [-0.39, 0.29) is 0 Å². The Morgan fingerprint density at radius 1 is 1.12 bits per heavy atom. The molecule has 2 N–H and O–H groups in total. The molecule has 1 aromatic heterocycles. The molecule has 0 radical (unpaired) electrons. The van der Waals surface area contributed by atoms with Crippen molar-refractivity contribution in [3.8, 4) is 0 Å². The summed E-state index contributed by atoms with van der Waals surface area (Å²) in [5.41, 5.74) is 0.999. The van der Waals surface area contributed by atoms with Gasteiger partial charge >= 0.3 is 0 Å². The lowest BCUT2D eigenvalue weighted by Gasteiger charge is -2.30. The summed E-state index contributed by atoms with van der Waals surface area (Å²) in [4.78, 5) is 11.8.